The van der Waals surface area contributed by atoms with Crippen LogP contribution in [0.15, 0.2) is 17.0 Å². The summed E-state index contributed by atoms with van der Waals surface area (Å²) >= 11 is 5.76. The van der Waals surface area contributed by atoms with Crippen LogP contribution >= 0.6 is 11.6 Å². The van der Waals surface area contributed by atoms with Gasteiger partial charge in [-0.2, -0.15) is 4.31 Å². The van der Waals surface area contributed by atoms with Crippen LogP contribution < -0.4 is 0 Å². The van der Waals surface area contributed by atoms with Crippen LogP contribution in [0.3, 0.4) is 0 Å². The molecule has 9 heteroatoms. The quantitative estimate of drug-likeness (QED) is 0.669. The predicted molar refractivity (Wildman–Crippen MR) is 76.8 cm³/mol. The van der Waals surface area contributed by atoms with Crippen LogP contribution in [-0.2, 0) is 10.0 Å². The number of aliphatic hydroxyl groups is 1. The van der Waals surface area contributed by atoms with Crippen LogP contribution in [0.1, 0.15) is 18.9 Å². The maximum absolute atomic E-state index is 12.6. The van der Waals surface area contributed by atoms with Crippen LogP contribution in [0.25, 0.3) is 0 Å². The molecule has 1 unspecified atom stereocenters. The number of hydrogen-bond donors (Lipinski definition) is 1. The zero-order chi connectivity index (χ0) is 16.0. The first-order chi connectivity index (χ1) is 9.54. The average molecular weight is 335 g/mol. The lowest BCUT2D eigenvalue weighted by Crippen LogP contribution is -2.34. The van der Waals surface area contributed by atoms with Gasteiger partial charge in [-0.05, 0) is 31.9 Å². The fourth-order valence-electron chi connectivity index (χ4n) is 2.31. The molecule has 1 heterocycles. The number of benzene rings is 1. The van der Waals surface area contributed by atoms with E-state index in [0.29, 0.717) is 12.0 Å². The summed E-state index contributed by atoms with van der Waals surface area (Å²) < 4.78 is 26.3. The fourth-order valence-corrected chi connectivity index (χ4v) is 4.38. The molecule has 2 rings (SSSR count). The standard InChI is InChI=1S/C12H15ClN2O5S/c1-8-5-9(13)10(15(17)18)6-11(8)21(19,20)14-4-3-12(2,16)7-14/h5-6,16H,3-4,7H2,1-2H3. The van der Waals surface area contributed by atoms with Crippen LogP contribution in [-0.4, -0.2) is 41.4 Å². The van der Waals surface area contributed by atoms with Gasteiger partial charge in [-0.3, -0.25) is 10.1 Å². The van der Waals surface area contributed by atoms with E-state index in [4.69, 9.17) is 11.6 Å². The molecule has 0 bridgehead atoms. The van der Waals surface area contributed by atoms with E-state index in [1.807, 2.05) is 0 Å². The van der Waals surface area contributed by atoms with E-state index in [1.165, 1.54) is 13.0 Å². The molecule has 0 saturated carbocycles. The molecule has 1 aromatic rings. The number of hydrogen-bond acceptors (Lipinski definition) is 5. The minimum Gasteiger partial charge on any atom is -0.389 e. The molecule has 0 radical (unpaired) electrons. The van der Waals surface area contributed by atoms with E-state index >= 15 is 0 Å². The van der Waals surface area contributed by atoms with Gasteiger partial charge in [0.1, 0.15) is 5.02 Å². The number of aryl methyl sites for hydroxylation is 1. The summed E-state index contributed by atoms with van der Waals surface area (Å²) in [6.45, 7) is 3.22. The molecular formula is C12H15ClN2O5S. The van der Waals surface area contributed by atoms with Gasteiger partial charge in [-0.1, -0.05) is 11.6 Å². The highest BCUT2D eigenvalue weighted by atomic mass is 35.5. The van der Waals surface area contributed by atoms with Crippen molar-refractivity contribution >= 4 is 27.3 Å². The van der Waals surface area contributed by atoms with Crippen molar-refractivity contribution in [1.82, 2.24) is 4.31 Å². The van der Waals surface area contributed by atoms with Crippen molar-refractivity contribution in [2.45, 2.75) is 30.8 Å². The van der Waals surface area contributed by atoms with E-state index in [9.17, 15) is 23.6 Å². The third-order valence-electron chi connectivity index (χ3n) is 3.48. The number of nitrogens with zero attached hydrogens (tertiary/aromatic N) is 2. The second-order valence-electron chi connectivity index (χ2n) is 5.41. The Bertz CT molecular complexity index is 702. The molecule has 0 spiro atoms. The fraction of sp³-hybridized carbons (Fsp3) is 0.500. The zero-order valence-corrected chi connectivity index (χ0v) is 13.1. The highest BCUT2D eigenvalue weighted by Gasteiger charge is 2.39. The van der Waals surface area contributed by atoms with Crippen molar-refractivity contribution in [3.63, 3.8) is 0 Å². The number of β-amino-alcohol motifs (C(OH)–C–C–N with tert-alkyl or cyclic N) is 1. The largest absolute Gasteiger partial charge is 0.389 e. The molecule has 1 saturated heterocycles. The van der Waals surface area contributed by atoms with Gasteiger partial charge in [0.05, 0.1) is 15.4 Å². The van der Waals surface area contributed by atoms with Gasteiger partial charge in [-0.25, -0.2) is 8.42 Å². The highest BCUT2D eigenvalue weighted by molar-refractivity contribution is 7.89. The number of nitro groups is 1. The molecule has 1 N–H and O–H groups in total. The van der Waals surface area contributed by atoms with E-state index in [2.05, 4.69) is 0 Å². The summed E-state index contributed by atoms with van der Waals surface area (Å²) in [5.74, 6) is 0. The first-order valence-electron chi connectivity index (χ1n) is 6.22. The topological polar surface area (TPSA) is 101 Å². The third-order valence-corrected chi connectivity index (χ3v) is 5.77. The van der Waals surface area contributed by atoms with Crippen molar-refractivity contribution in [3.8, 4) is 0 Å². The van der Waals surface area contributed by atoms with E-state index < -0.39 is 26.2 Å². The SMILES string of the molecule is Cc1cc(Cl)c([N+](=O)[O-])cc1S(=O)(=O)N1CCC(C)(O)C1. The van der Waals surface area contributed by atoms with Gasteiger partial charge in [0.2, 0.25) is 10.0 Å². The molecule has 0 aromatic heterocycles. The Morgan fingerprint density at radius 2 is 2.10 bits per heavy atom. The lowest BCUT2D eigenvalue weighted by atomic mass is 10.1. The molecule has 0 amide bonds. The van der Waals surface area contributed by atoms with Gasteiger partial charge < -0.3 is 5.11 Å². The molecule has 1 atom stereocenters. The monoisotopic (exact) mass is 334 g/mol. The summed E-state index contributed by atoms with van der Waals surface area (Å²) in [4.78, 5) is 10.0. The molecule has 7 nitrogen and oxygen atoms in total. The lowest BCUT2D eigenvalue weighted by Gasteiger charge is -2.20. The first kappa shape index (κ1) is 16.2. The van der Waals surface area contributed by atoms with Crippen LogP contribution in [0, 0.1) is 17.0 Å². The molecule has 0 aliphatic carbocycles. The number of rotatable bonds is 3. The van der Waals surface area contributed by atoms with Crippen LogP contribution in [0.5, 0.6) is 0 Å². The average Bonchev–Trinajstić information content (AvgIpc) is 2.69. The van der Waals surface area contributed by atoms with Gasteiger partial charge >= 0.3 is 0 Å². The van der Waals surface area contributed by atoms with E-state index in [0.717, 1.165) is 10.4 Å². The third kappa shape index (κ3) is 3.03. The smallest absolute Gasteiger partial charge is 0.289 e. The van der Waals surface area contributed by atoms with Crippen molar-refractivity contribution < 1.29 is 18.4 Å². The van der Waals surface area contributed by atoms with Gasteiger partial charge in [-0.15, -0.1) is 0 Å². The van der Waals surface area contributed by atoms with Crippen molar-refractivity contribution in [2.24, 2.45) is 0 Å². The minimum atomic E-state index is -3.90. The second-order valence-corrected chi connectivity index (χ2v) is 7.73. The summed E-state index contributed by atoms with van der Waals surface area (Å²) in [5, 5.41) is 20.7. The molecule has 1 aliphatic rings. The van der Waals surface area contributed by atoms with Crippen molar-refractivity contribution in [2.75, 3.05) is 13.1 Å². The van der Waals surface area contributed by atoms with E-state index in [1.54, 1.807) is 6.92 Å². The predicted octanol–water partition coefficient (Wildman–Crippen LogP) is 1.70. The molecule has 1 aromatic carbocycles. The Kier molecular flexibility index (Phi) is 4.00. The van der Waals surface area contributed by atoms with Crippen molar-refractivity contribution in [3.05, 3.63) is 32.8 Å². The Morgan fingerprint density at radius 3 is 2.57 bits per heavy atom. The number of halogens is 1. The number of nitro benzene ring substituents is 1. The first-order valence-corrected chi connectivity index (χ1v) is 8.03. The highest BCUT2D eigenvalue weighted by Crippen LogP contribution is 2.33. The maximum Gasteiger partial charge on any atom is 0.289 e. The molecule has 21 heavy (non-hydrogen) atoms. The summed E-state index contributed by atoms with van der Waals surface area (Å²) in [7, 11) is -3.90. The maximum atomic E-state index is 12.6. The Hall–Kier alpha value is -1.22. The van der Waals surface area contributed by atoms with Gasteiger partial charge in [0, 0.05) is 19.2 Å². The van der Waals surface area contributed by atoms with Crippen molar-refractivity contribution in [1.29, 1.82) is 0 Å². The zero-order valence-electron chi connectivity index (χ0n) is 11.5. The van der Waals surface area contributed by atoms with Gasteiger partial charge in [0.15, 0.2) is 0 Å². The summed E-state index contributed by atoms with van der Waals surface area (Å²) in [6, 6.07) is 2.24. The lowest BCUT2D eigenvalue weighted by molar-refractivity contribution is -0.384. The molecule has 116 valence electrons. The molecule has 1 aliphatic heterocycles. The normalized spacial score (nSPS) is 23.4. The Balaban J connectivity index is 2.51. The van der Waals surface area contributed by atoms with Crippen LogP contribution in [0.4, 0.5) is 5.69 Å². The Labute approximate surface area is 127 Å². The minimum absolute atomic E-state index is 0.0365. The number of sulfonamides is 1. The summed E-state index contributed by atoms with van der Waals surface area (Å²) in [6.07, 6.45) is 0.320. The Morgan fingerprint density at radius 1 is 1.48 bits per heavy atom. The van der Waals surface area contributed by atoms with Gasteiger partial charge in [0.25, 0.3) is 5.69 Å². The van der Waals surface area contributed by atoms with Crippen LogP contribution in [0.2, 0.25) is 5.02 Å². The molecular weight excluding hydrogens is 320 g/mol. The molecule has 1 fully saturated rings. The van der Waals surface area contributed by atoms with E-state index in [-0.39, 0.29) is 23.0 Å². The summed E-state index contributed by atoms with van der Waals surface area (Å²) in [5.41, 5.74) is -1.21. The second kappa shape index (κ2) is 5.20.